The van der Waals surface area contributed by atoms with Crippen molar-refractivity contribution in [1.29, 1.82) is 0 Å². The fraction of sp³-hybridized carbons (Fsp3) is 0.344. The number of piperidine rings is 1. The number of sulfonamides is 1. The van der Waals surface area contributed by atoms with E-state index in [4.69, 9.17) is 51.8 Å². The summed E-state index contributed by atoms with van der Waals surface area (Å²) in [5, 5.41) is 7.82. The Morgan fingerprint density at radius 2 is 1.62 bits per heavy atom. The number of ether oxygens (including phenoxy) is 1. The average Bonchev–Trinajstić information content (AvgIpc) is 3.24. The molecule has 238 valence electrons. The lowest BCUT2D eigenvalue weighted by molar-refractivity contribution is -0.135. The molecule has 45 heavy (non-hydrogen) atoms. The van der Waals surface area contributed by atoms with E-state index in [-0.39, 0.29) is 30.9 Å². The van der Waals surface area contributed by atoms with Crippen molar-refractivity contribution in [2.75, 3.05) is 11.6 Å². The van der Waals surface area contributed by atoms with E-state index >= 15 is 0 Å². The van der Waals surface area contributed by atoms with Crippen molar-refractivity contribution in [3.05, 3.63) is 91.9 Å². The predicted octanol–water partition coefficient (Wildman–Crippen LogP) is 7.00. The maximum absolute atomic E-state index is 14.6. The van der Waals surface area contributed by atoms with Crippen LogP contribution in [-0.2, 0) is 25.0 Å². The molecule has 3 aromatic rings. The number of amides is 2. The van der Waals surface area contributed by atoms with Crippen LogP contribution >= 0.6 is 47.0 Å². The number of fused-ring (bicyclic) bond motifs is 2. The van der Waals surface area contributed by atoms with Crippen LogP contribution in [0.3, 0.4) is 0 Å². The van der Waals surface area contributed by atoms with Gasteiger partial charge in [-0.15, -0.1) is 0 Å². The number of anilines is 1. The molecule has 0 saturated carbocycles. The fourth-order valence-electron chi connectivity index (χ4n) is 6.56. The zero-order valence-electron chi connectivity index (χ0n) is 25.0. The van der Waals surface area contributed by atoms with Crippen LogP contribution < -0.4 is 20.1 Å². The summed E-state index contributed by atoms with van der Waals surface area (Å²) in [6.45, 7) is 5.42. The second kappa shape index (κ2) is 12.4. The summed E-state index contributed by atoms with van der Waals surface area (Å²) in [6, 6.07) is 15.1. The number of aryl methyl sites for hydroxylation is 1. The van der Waals surface area contributed by atoms with E-state index in [1.54, 1.807) is 50.2 Å². The Balaban J connectivity index is 1.78. The molecule has 5 rings (SSSR count). The van der Waals surface area contributed by atoms with Crippen LogP contribution in [0, 0.1) is 6.92 Å². The highest BCUT2D eigenvalue weighted by molar-refractivity contribution is 7.89. The molecule has 1 saturated heterocycles. The van der Waals surface area contributed by atoms with E-state index in [1.807, 2.05) is 25.1 Å². The number of carbonyl (C=O) groups is 2. The normalized spacial score (nSPS) is 21.2. The molecule has 2 amide bonds. The zero-order chi connectivity index (χ0) is 32.9. The molecule has 0 radical (unpaired) electrons. The molecule has 13 heteroatoms. The van der Waals surface area contributed by atoms with E-state index in [0.29, 0.717) is 36.9 Å². The van der Waals surface area contributed by atoms with Crippen LogP contribution in [0.5, 0.6) is 5.75 Å². The second-order valence-corrected chi connectivity index (χ2v) is 15.0. The molecule has 8 nitrogen and oxygen atoms in total. The summed E-state index contributed by atoms with van der Waals surface area (Å²) in [4.78, 5) is 28.5. The number of hydrogen-bond donors (Lipinski definition) is 3. The number of hydrogen-bond acceptors (Lipinski definition) is 6. The van der Waals surface area contributed by atoms with Crippen molar-refractivity contribution < 1.29 is 22.7 Å². The topological polar surface area (TPSA) is 114 Å². The summed E-state index contributed by atoms with van der Waals surface area (Å²) in [5.41, 5.74) is 0.610. The monoisotopic (exact) mass is 707 g/mol. The van der Waals surface area contributed by atoms with Gasteiger partial charge >= 0.3 is 0 Å². The molecule has 3 atom stereocenters. The quantitative estimate of drug-likeness (QED) is 0.216. The zero-order valence-corrected chi connectivity index (χ0v) is 28.9. The van der Waals surface area contributed by atoms with E-state index in [2.05, 4.69) is 15.4 Å². The maximum atomic E-state index is 14.6. The van der Waals surface area contributed by atoms with Crippen LogP contribution in [0.1, 0.15) is 67.3 Å². The van der Waals surface area contributed by atoms with Gasteiger partial charge in [0.05, 0.1) is 17.3 Å². The van der Waals surface area contributed by atoms with E-state index < -0.39 is 38.9 Å². The van der Waals surface area contributed by atoms with Gasteiger partial charge in [-0.05, 0) is 78.9 Å². The van der Waals surface area contributed by atoms with Crippen molar-refractivity contribution in [2.24, 2.45) is 0 Å². The molecular weight excluding hydrogens is 677 g/mol. The number of nitrogens with one attached hydrogen (secondary N) is 3. The third-order valence-corrected chi connectivity index (χ3v) is 10.3. The molecular formula is C32H32Cl3N3O5S2. The number of benzene rings is 3. The van der Waals surface area contributed by atoms with E-state index in [0.717, 1.165) is 17.4 Å². The molecule has 3 N–H and O–H groups in total. The minimum atomic E-state index is -3.87. The third kappa shape index (κ3) is 6.03. The standard InChI is InChI=1S/C32H32Cl3N3O5S2/c1-5-31(6-2,29(39)38-45(4,41)42)43-26-12-10-19(34)14-22(26)24-16-27(44)37-28(21-13-18(33)8-7-17(21)3)32(24)23-11-9-20(35)15-25(23)36-30(32)40/h7-15,24,28H,5-6,16H2,1-4H3,(H,36,40)(H,37,44)(H,38,39)/t24-,28+,32-/m1/s1. The Hall–Kier alpha value is -2.89. The van der Waals surface area contributed by atoms with Crippen molar-refractivity contribution in [2.45, 2.75) is 63.0 Å². The molecule has 1 fully saturated rings. The molecule has 0 aliphatic carbocycles. The molecule has 2 aliphatic heterocycles. The van der Waals surface area contributed by atoms with Gasteiger partial charge in [-0.25, -0.2) is 13.1 Å². The van der Waals surface area contributed by atoms with Gasteiger partial charge in [-0.2, -0.15) is 0 Å². The van der Waals surface area contributed by atoms with Gasteiger partial charge in [0.25, 0.3) is 5.91 Å². The van der Waals surface area contributed by atoms with Crippen LogP contribution in [-0.4, -0.2) is 37.1 Å². The first kappa shape index (κ1) is 33.5. The summed E-state index contributed by atoms with van der Waals surface area (Å²) >= 11 is 25.3. The maximum Gasteiger partial charge on any atom is 0.277 e. The highest BCUT2D eigenvalue weighted by Gasteiger charge is 2.61. The van der Waals surface area contributed by atoms with Gasteiger partial charge in [-0.3, -0.25) is 9.59 Å². The number of halogens is 3. The van der Waals surface area contributed by atoms with Crippen molar-refractivity contribution >= 4 is 79.5 Å². The summed E-state index contributed by atoms with van der Waals surface area (Å²) in [7, 11) is -3.87. The molecule has 1 spiro atoms. The smallest absolute Gasteiger partial charge is 0.277 e. The first-order valence-electron chi connectivity index (χ1n) is 14.3. The molecule has 3 aromatic carbocycles. The summed E-state index contributed by atoms with van der Waals surface area (Å²) < 4.78 is 32.7. The fourth-order valence-corrected chi connectivity index (χ4v) is 7.90. The lowest BCUT2D eigenvalue weighted by Gasteiger charge is -2.48. The minimum absolute atomic E-state index is 0.162. The average molecular weight is 709 g/mol. The Labute approximate surface area is 283 Å². The molecule has 0 bridgehead atoms. The molecule has 2 aliphatic rings. The summed E-state index contributed by atoms with van der Waals surface area (Å²) in [5.74, 6) is -1.47. The van der Waals surface area contributed by atoms with Crippen LogP contribution in [0.2, 0.25) is 15.1 Å². The van der Waals surface area contributed by atoms with E-state index in [1.165, 1.54) is 0 Å². The van der Waals surface area contributed by atoms with Crippen molar-refractivity contribution in [3.8, 4) is 5.75 Å². The number of carbonyl (C=O) groups excluding carboxylic acids is 2. The van der Waals surface area contributed by atoms with Gasteiger partial charge in [0, 0.05) is 38.7 Å². The second-order valence-electron chi connectivity index (χ2n) is 11.5. The molecule has 0 unspecified atom stereocenters. The Kier molecular flexibility index (Phi) is 9.20. The highest BCUT2D eigenvalue weighted by atomic mass is 35.5. The van der Waals surface area contributed by atoms with E-state index in [9.17, 15) is 18.0 Å². The SMILES string of the molecule is CCC(CC)(Oc1ccc(Cl)cc1[C@H]1CC(=S)N[C@@H](c2cc(Cl)ccc2C)[C@]12C(=O)Nc1cc(Cl)ccc12)C(=O)NS(C)(=O)=O. The molecule has 0 aromatic heterocycles. The van der Waals surface area contributed by atoms with Crippen LogP contribution in [0.15, 0.2) is 54.6 Å². The Morgan fingerprint density at radius 3 is 2.27 bits per heavy atom. The van der Waals surface area contributed by atoms with Gasteiger partial charge in [0.2, 0.25) is 15.9 Å². The number of rotatable bonds is 8. The van der Waals surface area contributed by atoms with Crippen molar-refractivity contribution in [1.82, 2.24) is 10.0 Å². The largest absolute Gasteiger partial charge is 0.477 e. The third-order valence-electron chi connectivity index (χ3n) is 8.79. The first-order chi connectivity index (χ1) is 21.1. The van der Waals surface area contributed by atoms with Crippen LogP contribution in [0.4, 0.5) is 5.69 Å². The lowest BCUT2D eigenvalue weighted by atomic mass is 9.59. The predicted molar refractivity (Wildman–Crippen MR) is 182 cm³/mol. The van der Waals surface area contributed by atoms with Crippen LogP contribution in [0.25, 0.3) is 0 Å². The Morgan fingerprint density at radius 1 is 1.02 bits per heavy atom. The van der Waals surface area contributed by atoms with Crippen molar-refractivity contribution in [3.63, 3.8) is 0 Å². The Bertz CT molecular complexity index is 1830. The highest BCUT2D eigenvalue weighted by Crippen LogP contribution is 2.59. The summed E-state index contributed by atoms with van der Waals surface area (Å²) in [6.07, 6.45) is 1.47. The lowest BCUT2D eigenvalue weighted by Crippen LogP contribution is -2.57. The van der Waals surface area contributed by atoms with Gasteiger partial charge in [-0.1, -0.05) is 73.0 Å². The first-order valence-corrected chi connectivity index (χ1v) is 17.8. The van der Waals surface area contributed by atoms with Gasteiger partial charge in [0.1, 0.15) is 11.2 Å². The number of thiocarbonyl (C=S) groups is 1. The molecule has 2 heterocycles. The van der Waals surface area contributed by atoms with Gasteiger partial charge < -0.3 is 15.4 Å². The minimum Gasteiger partial charge on any atom is -0.477 e. The van der Waals surface area contributed by atoms with Gasteiger partial charge in [0.15, 0.2) is 5.60 Å².